The summed E-state index contributed by atoms with van der Waals surface area (Å²) in [5, 5.41) is 0. The Morgan fingerprint density at radius 3 is 2.25 bits per heavy atom. The standard InChI is InChI=1S/C16H34N4/c1-5-18-10-11-20(12-15(18)4)16(13-17)6-8-19(9-7-16)14(2)3/h14-15H,5-13,17H2,1-4H3. The summed E-state index contributed by atoms with van der Waals surface area (Å²) in [7, 11) is 0. The van der Waals surface area contributed by atoms with Crippen molar-refractivity contribution in [1.82, 2.24) is 14.7 Å². The van der Waals surface area contributed by atoms with Crippen molar-refractivity contribution in [3.63, 3.8) is 0 Å². The number of hydrogen-bond acceptors (Lipinski definition) is 4. The normalized spacial score (nSPS) is 30.0. The Hall–Kier alpha value is -0.160. The van der Waals surface area contributed by atoms with Crippen molar-refractivity contribution in [1.29, 1.82) is 0 Å². The van der Waals surface area contributed by atoms with Crippen LogP contribution in [0, 0.1) is 0 Å². The molecular weight excluding hydrogens is 248 g/mol. The Kier molecular flexibility index (Phi) is 5.46. The molecule has 2 heterocycles. The number of nitrogens with zero attached hydrogens (tertiary/aromatic N) is 3. The van der Waals surface area contributed by atoms with Gasteiger partial charge in [0.25, 0.3) is 0 Å². The summed E-state index contributed by atoms with van der Waals surface area (Å²) in [6.45, 7) is 17.2. The van der Waals surface area contributed by atoms with Crippen molar-refractivity contribution in [2.45, 2.75) is 58.2 Å². The van der Waals surface area contributed by atoms with Crippen molar-refractivity contribution in [3.05, 3.63) is 0 Å². The summed E-state index contributed by atoms with van der Waals surface area (Å²) in [6.07, 6.45) is 2.47. The predicted octanol–water partition coefficient (Wildman–Crippen LogP) is 1.21. The highest BCUT2D eigenvalue weighted by Gasteiger charge is 2.41. The minimum absolute atomic E-state index is 0.263. The van der Waals surface area contributed by atoms with Crippen LogP contribution in [0.3, 0.4) is 0 Å². The van der Waals surface area contributed by atoms with Crippen LogP contribution in [0.25, 0.3) is 0 Å². The molecule has 118 valence electrons. The summed E-state index contributed by atoms with van der Waals surface area (Å²) in [5.74, 6) is 0. The van der Waals surface area contributed by atoms with Crippen LogP contribution in [0.15, 0.2) is 0 Å². The number of likely N-dealkylation sites (N-methyl/N-ethyl adjacent to an activating group) is 1. The molecule has 4 heteroatoms. The first-order valence-corrected chi connectivity index (χ1v) is 8.45. The highest BCUT2D eigenvalue weighted by molar-refractivity contribution is 4.99. The van der Waals surface area contributed by atoms with E-state index in [4.69, 9.17) is 5.73 Å². The molecule has 0 aromatic rings. The third kappa shape index (κ3) is 3.19. The van der Waals surface area contributed by atoms with Gasteiger partial charge in [0.15, 0.2) is 0 Å². The van der Waals surface area contributed by atoms with E-state index in [2.05, 4.69) is 42.4 Å². The van der Waals surface area contributed by atoms with Crippen molar-refractivity contribution in [3.8, 4) is 0 Å². The topological polar surface area (TPSA) is 35.7 Å². The van der Waals surface area contributed by atoms with Gasteiger partial charge in [0, 0.05) is 56.9 Å². The maximum Gasteiger partial charge on any atom is 0.0357 e. The smallest absolute Gasteiger partial charge is 0.0357 e. The fourth-order valence-corrected chi connectivity index (χ4v) is 4.00. The molecule has 0 amide bonds. The van der Waals surface area contributed by atoms with E-state index in [1.165, 1.54) is 52.1 Å². The van der Waals surface area contributed by atoms with Crippen molar-refractivity contribution in [2.24, 2.45) is 5.73 Å². The molecule has 2 rings (SSSR count). The molecule has 0 spiro atoms. The zero-order valence-corrected chi connectivity index (χ0v) is 13.9. The molecule has 0 aromatic carbocycles. The molecule has 2 saturated heterocycles. The summed E-state index contributed by atoms with van der Waals surface area (Å²) in [5.41, 5.74) is 6.49. The van der Waals surface area contributed by atoms with E-state index in [1.54, 1.807) is 0 Å². The third-order valence-corrected chi connectivity index (χ3v) is 5.68. The second kappa shape index (κ2) is 6.73. The highest BCUT2D eigenvalue weighted by Crippen LogP contribution is 2.31. The molecule has 2 aliphatic rings. The van der Waals surface area contributed by atoms with Crippen molar-refractivity contribution < 1.29 is 0 Å². The number of piperidine rings is 1. The quantitative estimate of drug-likeness (QED) is 0.841. The van der Waals surface area contributed by atoms with E-state index in [-0.39, 0.29) is 5.54 Å². The van der Waals surface area contributed by atoms with Gasteiger partial charge in [-0.3, -0.25) is 9.80 Å². The molecule has 0 aromatic heterocycles. The summed E-state index contributed by atoms with van der Waals surface area (Å²) in [4.78, 5) is 7.89. The number of hydrogen-bond donors (Lipinski definition) is 1. The van der Waals surface area contributed by atoms with Crippen LogP contribution in [0.2, 0.25) is 0 Å². The van der Waals surface area contributed by atoms with Gasteiger partial charge >= 0.3 is 0 Å². The average Bonchev–Trinajstić information content (AvgIpc) is 2.47. The molecule has 0 bridgehead atoms. The van der Waals surface area contributed by atoms with E-state index >= 15 is 0 Å². The second-order valence-corrected chi connectivity index (χ2v) is 6.98. The molecule has 1 unspecified atom stereocenters. The van der Waals surface area contributed by atoms with Gasteiger partial charge in [0.1, 0.15) is 0 Å². The molecule has 0 radical (unpaired) electrons. The van der Waals surface area contributed by atoms with Crippen LogP contribution in [0.4, 0.5) is 0 Å². The van der Waals surface area contributed by atoms with E-state index in [9.17, 15) is 0 Å². The lowest BCUT2D eigenvalue weighted by Gasteiger charge is -2.53. The molecule has 0 aliphatic carbocycles. The highest BCUT2D eigenvalue weighted by atomic mass is 15.3. The van der Waals surface area contributed by atoms with E-state index in [1.807, 2.05) is 0 Å². The summed E-state index contributed by atoms with van der Waals surface area (Å²) >= 11 is 0. The van der Waals surface area contributed by atoms with Gasteiger partial charge in [0.05, 0.1) is 0 Å². The van der Waals surface area contributed by atoms with Crippen LogP contribution in [0.5, 0.6) is 0 Å². The first-order valence-electron chi connectivity index (χ1n) is 8.45. The van der Waals surface area contributed by atoms with Gasteiger partial charge in [-0.1, -0.05) is 6.92 Å². The number of nitrogens with two attached hydrogens (primary N) is 1. The maximum atomic E-state index is 6.23. The lowest BCUT2D eigenvalue weighted by Crippen LogP contribution is -2.65. The van der Waals surface area contributed by atoms with Gasteiger partial charge in [-0.15, -0.1) is 0 Å². The Balaban J connectivity index is 1.99. The van der Waals surface area contributed by atoms with Crippen molar-refractivity contribution in [2.75, 3.05) is 45.8 Å². The Labute approximate surface area is 125 Å². The van der Waals surface area contributed by atoms with Gasteiger partial charge in [-0.2, -0.15) is 0 Å². The molecule has 2 N–H and O–H groups in total. The van der Waals surface area contributed by atoms with Gasteiger partial charge in [0.2, 0.25) is 0 Å². The van der Waals surface area contributed by atoms with Gasteiger partial charge in [-0.05, 0) is 40.2 Å². The summed E-state index contributed by atoms with van der Waals surface area (Å²) < 4.78 is 0. The SMILES string of the molecule is CCN1CCN(C2(CN)CCN(C(C)C)CC2)CC1C. The third-order valence-electron chi connectivity index (χ3n) is 5.68. The van der Waals surface area contributed by atoms with E-state index in [0.717, 1.165) is 6.54 Å². The molecule has 1 atom stereocenters. The second-order valence-electron chi connectivity index (χ2n) is 6.98. The monoisotopic (exact) mass is 282 g/mol. The minimum Gasteiger partial charge on any atom is -0.329 e. The maximum absolute atomic E-state index is 6.23. The molecular formula is C16H34N4. The van der Waals surface area contributed by atoms with Gasteiger partial charge < -0.3 is 10.6 Å². The number of likely N-dealkylation sites (tertiary alicyclic amines) is 1. The number of rotatable bonds is 4. The molecule has 0 saturated carbocycles. The predicted molar refractivity (Wildman–Crippen MR) is 86.0 cm³/mol. The summed E-state index contributed by atoms with van der Waals surface area (Å²) in [6, 6.07) is 1.34. The molecule has 2 aliphatic heterocycles. The molecule has 20 heavy (non-hydrogen) atoms. The number of piperazine rings is 1. The average molecular weight is 282 g/mol. The minimum atomic E-state index is 0.263. The van der Waals surface area contributed by atoms with Gasteiger partial charge in [-0.25, -0.2) is 0 Å². The first kappa shape index (κ1) is 16.2. The van der Waals surface area contributed by atoms with Crippen LogP contribution in [-0.2, 0) is 0 Å². The Morgan fingerprint density at radius 1 is 1.15 bits per heavy atom. The van der Waals surface area contributed by atoms with Crippen LogP contribution in [-0.4, -0.2) is 78.1 Å². The van der Waals surface area contributed by atoms with Crippen LogP contribution < -0.4 is 5.73 Å². The largest absolute Gasteiger partial charge is 0.329 e. The van der Waals surface area contributed by atoms with Crippen molar-refractivity contribution >= 4 is 0 Å². The van der Waals surface area contributed by atoms with Crippen LogP contribution in [0.1, 0.15) is 40.5 Å². The van der Waals surface area contributed by atoms with Crippen LogP contribution >= 0.6 is 0 Å². The fraction of sp³-hybridized carbons (Fsp3) is 1.00. The fourth-order valence-electron chi connectivity index (χ4n) is 4.00. The van der Waals surface area contributed by atoms with E-state index < -0.39 is 0 Å². The van der Waals surface area contributed by atoms with E-state index in [0.29, 0.717) is 12.1 Å². The first-order chi connectivity index (χ1) is 9.52. The lowest BCUT2D eigenvalue weighted by molar-refractivity contribution is -0.0274. The molecule has 4 nitrogen and oxygen atoms in total. The Bertz CT molecular complexity index is 297. The Morgan fingerprint density at radius 2 is 1.80 bits per heavy atom. The zero-order valence-electron chi connectivity index (χ0n) is 13.9. The molecule has 2 fully saturated rings. The lowest BCUT2D eigenvalue weighted by atomic mass is 9.84. The zero-order chi connectivity index (χ0) is 14.8.